The van der Waals surface area contributed by atoms with E-state index in [1.165, 1.54) is 10.8 Å². The standard InChI is InChI=1S/C47H29N3O/c1-2-14-32(15-3-1)37-18-8-9-19-38(37)39-26-27-41(43-40-20-10-11-21-42(40)51-44(39)43)47-49-45(35-24-22-30-12-4-6-16-33(30)28-35)48-46(50-47)36-25-23-31-13-5-7-17-34(31)29-36/h1-29H. The Morgan fingerprint density at radius 2 is 0.863 bits per heavy atom. The van der Waals surface area contributed by atoms with Crippen LogP contribution in [0.25, 0.3) is 99.9 Å². The Kier molecular flexibility index (Phi) is 6.78. The molecular formula is C47H29N3O. The van der Waals surface area contributed by atoms with Crippen LogP contribution in [0.5, 0.6) is 0 Å². The summed E-state index contributed by atoms with van der Waals surface area (Å²) >= 11 is 0. The number of nitrogens with zero attached hydrogens (tertiary/aromatic N) is 3. The van der Waals surface area contributed by atoms with E-state index in [0.29, 0.717) is 17.5 Å². The summed E-state index contributed by atoms with van der Waals surface area (Å²) in [5.74, 6) is 1.83. The van der Waals surface area contributed by atoms with Crippen LogP contribution in [0.1, 0.15) is 0 Å². The highest BCUT2D eigenvalue weighted by Gasteiger charge is 2.22. The minimum absolute atomic E-state index is 0.593. The molecule has 10 rings (SSSR count). The van der Waals surface area contributed by atoms with Gasteiger partial charge in [0.1, 0.15) is 11.2 Å². The van der Waals surface area contributed by atoms with Crippen molar-refractivity contribution in [2.45, 2.75) is 0 Å². The van der Waals surface area contributed by atoms with E-state index in [-0.39, 0.29) is 0 Å². The van der Waals surface area contributed by atoms with Gasteiger partial charge in [-0.15, -0.1) is 0 Å². The first-order valence-corrected chi connectivity index (χ1v) is 17.1. The van der Waals surface area contributed by atoms with E-state index in [1.54, 1.807) is 0 Å². The average molecular weight is 652 g/mol. The molecule has 0 aliphatic carbocycles. The maximum absolute atomic E-state index is 6.75. The van der Waals surface area contributed by atoms with Crippen LogP contribution in [-0.2, 0) is 0 Å². The lowest BCUT2D eigenvalue weighted by atomic mass is 9.92. The van der Waals surface area contributed by atoms with E-state index < -0.39 is 0 Å². The normalized spacial score (nSPS) is 11.5. The Morgan fingerprint density at radius 1 is 0.333 bits per heavy atom. The van der Waals surface area contributed by atoms with E-state index in [4.69, 9.17) is 19.4 Å². The SMILES string of the molecule is c1ccc(-c2ccccc2-c2ccc(-c3nc(-c4ccc5ccccc5c4)nc(-c4ccc5ccccc5c4)n3)c3c2oc2ccccc23)cc1. The van der Waals surface area contributed by atoms with E-state index in [2.05, 4.69) is 158 Å². The van der Waals surface area contributed by atoms with E-state index in [1.807, 2.05) is 18.2 Å². The zero-order chi connectivity index (χ0) is 33.7. The molecule has 0 radical (unpaired) electrons. The quantitative estimate of drug-likeness (QED) is 0.186. The Hall–Kier alpha value is -6.91. The van der Waals surface area contributed by atoms with Gasteiger partial charge in [-0.2, -0.15) is 0 Å². The van der Waals surface area contributed by atoms with Crippen molar-refractivity contribution in [1.29, 1.82) is 0 Å². The second-order valence-electron chi connectivity index (χ2n) is 12.8. The van der Waals surface area contributed by atoms with Gasteiger partial charge >= 0.3 is 0 Å². The molecule has 0 amide bonds. The molecule has 4 nitrogen and oxygen atoms in total. The zero-order valence-corrected chi connectivity index (χ0v) is 27.5. The molecule has 0 unspecified atom stereocenters. The van der Waals surface area contributed by atoms with Crippen molar-refractivity contribution >= 4 is 43.5 Å². The number of aromatic nitrogens is 3. The van der Waals surface area contributed by atoms with Gasteiger partial charge < -0.3 is 4.42 Å². The summed E-state index contributed by atoms with van der Waals surface area (Å²) < 4.78 is 6.75. The van der Waals surface area contributed by atoms with Crippen molar-refractivity contribution in [3.8, 4) is 56.4 Å². The smallest absolute Gasteiger partial charge is 0.164 e. The topological polar surface area (TPSA) is 51.8 Å². The molecule has 0 bridgehead atoms. The highest BCUT2D eigenvalue weighted by atomic mass is 16.3. The number of fused-ring (bicyclic) bond motifs is 5. The van der Waals surface area contributed by atoms with Gasteiger partial charge in [-0.1, -0.05) is 146 Å². The Bertz CT molecular complexity index is 2830. The van der Waals surface area contributed by atoms with Crippen LogP contribution < -0.4 is 0 Å². The molecule has 0 aliphatic heterocycles. The van der Waals surface area contributed by atoms with Crippen molar-refractivity contribution in [3.63, 3.8) is 0 Å². The third-order valence-corrected chi connectivity index (χ3v) is 9.72. The maximum Gasteiger partial charge on any atom is 0.164 e. The molecule has 2 aromatic heterocycles. The summed E-state index contributed by atoms with van der Waals surface area (Å²) in [5.41, 5.74) is 8.79. The van der Waals surface area contributed by atoms with Gasteiger partial charge in [0.25, 0.3) is 0 Å². The van der Waals surface area contributed by atoms with Gasteiger partial charge in [0.05, 0.1) is 0 Å². The summed E-state index contributed by atoms with van der Waals surface area (Å²) in [5, 5.41) is 6.60. The molecule has 4 heteroatoms. The molecule has 8 aromatic carbocycles. The first-order chi connectivity index (χ1) is 25.3. The van der Waals surface area contributed by atoms with Gasteiger partial charge in [-0.05, 0) is 68.6 Å². The van der Waals surface area contributed by atoms with Gasteiger partial charge in [0.2, 0.25) is 0 Å². The Balaban J connectivity index is 1.24. The predicted molar refractivity (Wildman–Crippen MR) is 209 cm³/mol. The molecular weight excluding hydrogens is 623 g/mol. The van der Waals surface area contributed by atoms with Crippen molar-refractivity contribution in [1.82, 2.24) is 15.0 Å². The van der Waals surface area contributed by atoms with Crippen LogP contribution in [0.3, 0.4) is 0 Å². The van der Waals surface area contributed by atoms with Crippen molar-refractivity contribution in [2.24, 2.45) is 0 Å². The maximum atomic E-state index is 6.75. The highest BCUT2D eigenvalue weighted by molar-refractivity contribution is 6.16. The molecule has 10 aromatic rings. The summed E-state index contributed by atoms with van der Waals surface area (Å²) in [4.78, 5) is 15.5. The highest BCUT2D eigenvalue weighted by Crippen LogP contribution is 2.44. The summed E-state index contributed by atoms with van der Waals surface area (Å²) in [6, 6.07) is 61.0. The van der Waals surface area contributed by atoms with Gasteiger partial charge in [-0.3, -0.25) is 0 Å². The molecule has 238 valence electrons. The predicted octanol–water partition coefficient (Wildman–Crippen LogP) is 12.4. The molecule has 51 heavy (non-hydrogen) atoms. The monoisotopic (exact) mass is 651 g/mol. The Morgan fingerprint density at radius 3 is 1.55 bits per heavy atom. The lowest BCUT2D eigenvalue weighted by Gasteiger charge is -2.13. The minimum Gasteiger partial charge on any atom is -0.455 e. The van der Waals surface area contributed by atoms with Gasteiger partial charge in [0.15, 0.2) is 17.5 Å². The molecule has 2 heterocycles. The molecule has 0 N–H and O–H groups in total. The van der Waals surface area contributed by atoms with Crippen LogP contribution in [0.15, 0.2) is 180 Å². The van der Waals surface area contributed by atoms with Gasteiger partial charge in [-0.25, -0.2) is 15.0 Å². The van der Waals surface area contributed by atoms with E-state index in [0.717, 1.165) is 71.7 Å². The van der Waals surface area contributed by atoms with Crippen molar-refractivity contribution in [2.75, 3.05) is 0 Å². The van der Waals surface area contributed by atoms with Crippen molar-refractivity contribution in [3.05, 3.63) is 176 Å². The molecule has 0 saturated carbocycles. The van der Waals surface area contributed by atoms with Crippen LogP contribution >= 0.6 is 0 Å². The second-order valence-corrected chi connectivity index (χ2v) is 12.8. The summed E-state index contributed by atoms with van der Waals surface area (Å²) in [6.07, 6.45) is 0. The fourth-order valence-corrected chi connectivity index (χ4v) is 7.23. The number of hydrogen-bond acceptors (Lipinski definition) is 4. The largest absolute Gasteiger partial charge is 0.455 e. The summed E-state index contributed by atoms with van der Waals surface area (Å²) in [6.45, 7) is 0. The van der Waals surface area contributed by atoms with Crippen LogP contribution in [0, 0.1) is 0 Å². The van der Waals surface area contributed by atoms with Crippen molar-refractivity contribution < 1.29 is 4.42 Å². The molecule has 0 fully saturated rings. The molecule has 0 spiro atoms. The minimum atomic E-state index is 0.593. The zero-order valence-electron chi connectivity index (χ0n) is 27.5. The lowest BCUT2D eigenvalue weighted by Crippen LogP contribution is -2.01. The van der Waals surface area contributed by atoms with Crippen LogP contribution in [-0.4, -0.2) is 15.0 Å². The number of hydrogen-bond donors (Lipinski definition) is 0. The number of para-hydroxylation sites is 1. The van der Waals surface area contributed by atoms with Crippen LogP contribution in [0.2, 0.25) is 0 Å². The lowest BCUT2D eigenvalue weighted by molar-refractivity contribution is 0.670. The van der Waals surface area contributed by atoms with E-state index >= 15 is 0 Å². The molecule has 0 saturated heterocycles. The molecule has 0 atom stereocenters. The number of furan rings is 1. The number of benzene rings is 8. The first-order valence-electron chi connectivity index (χ1n) is 17.1. The Labute approximate surface area is 294 Å². The fraction of sp³-hybridized carbons (Fsp3) is 0. The summed E-state index contributed by atoms with van der Waals surface area (Å²) in [7, 11) is 0. The third kappa shape index (κ3) is 5.04. The van der Waals surface area contributed by atoms with Gasteiger partial charge in [0, 0.05) is 33.0 Å². The number of rotatable bonds is 5. The third-order valence-electron chi connectivity index (χ3n) is 9.72. The average Bonchev–Trinajstić information content (AvgIpc) is 3.60. The second kappa shape index (κ2) is 11.9. The first kappa shape index (κ1) is 29.0. The molecule has 0 aliphatic rings. The van der Waals surface area contributed by atoms with E-state index in [9.17, 15) is 0 Å². The van der Waals surface area contributed by atoms with Crippen LogP contribution in [0.4, 0.5) is 0 Å². The fourth-order valence-electron chi connectivity index (χ4n) is 7.23.